The third-order valence-electron chi connectivity index (χ3n) is 4.21. The van der Waals surface area contributed by atoms with Crippen LogP contribution < -0.4 is 10.3 Å². The first-order valence-electron chi connectivity index (χ1n) is 9.06. The summed E-state index contributed by atoms with van der Waals surface area (Å²) < 4.78 is 12.1. The normalized spacial score (nSPS) is 11.4. The predicted molar refractivity (Wildman–Crippen MR) is 120 cm³/mol. The minimum absolute atomic E-state index is 0.0442. The molecule has 1 aromatic heterocycles. The Kier molecular flexibility index (Phi) is 6.89. The number of methoxy groups -OCH3 is 1. The second-order valence-corrected chi connectivity index (χ2v) is 8.05. The predicted octanol–water partition coefficient (Wildman–Crippen LogP) is 4.37. The number of esters is 1. The largest absolute Gasteiger partial charge is 0.481 e. The SMILES string of the molecule is COC(=O)COc1ccc(Cl)cc1C=Nn1c(C(C)C)nc2ccc(Br)cc2c1=O. The molecule has 1 heterocycles. The van der Waals surface area contributed by atoms with E-state index in [4.69, 9.17) is 16.3 Å². The van der Waals surface area contributed by atoms with E-state index in [-0.39, 0.29) is 18.1 Å². The fourth-order valence-electron chi connectivity index (χ4n) is 2.72. The van der Waals surface area contributed by atoms with Gasteiger partial charge in [-0.2, -0.15) is 9.78 Å². The summed E-state index contributed by atoms with van der Waals surface area (Å²) in [5.41, 5.74) is 0.811. The summed E-state index contributed by atoms with van der Waals surface area (Å²) in [7, 11) is 1.28. The van der Waals surface area contributed by atoms with Crippen molar-refractivity contribution >= 4 is 50.6 Å². The van der Waals surface area contributed by atoms with E-state index in [0.717, 1.165) is 4.47 Å². The number of carbonyl (C=O) groups is 1. The van der Waals surface area contributed by atoms with Crippen LogP contribution in [0.2, 0.25) is 5.02 Å². The van der Waals surface area contributed by atoms with E-state index in [1.165, 1.54) is 18.0 Å². The van der Waals surface area contributed by atoms with Crippen molar-refractivity contribution in [3.05, 3.63) is 67.6 Å². The molecule has 9 heteroatoms. The molecule has 0 unspecified atom stereocenters. The number of rotatable bonds is 6. The van der Waals surface area contributed by atoms with Crippen LogP contribution >= 0.6 is 27.5 Å². The van der Waals surface area contributed by atoms with Gasteiger partial charge in [-0.1, -0.05) is 41.4 Å². The molecule has 0 saturated carbocycles. The fraction of sp³-hybridized carbons (Fsp3) is 0.238. The third kappa shape index (κ3) is 4.88. The van der Waals surface area contributed by atoms with Crippen molar-refractivity contribution < 1.29 is 14.3 Å². The van der Waals surface area contributed by atoms with E-state index >= 15 is 0 Å². The van der Waals surface area contributed by atoms with Crippen molar-refractivity contribution in [3.63, 3.8) is 0 Å². The number of fused-ring (bicyclic) bond motifs is 1. The van der Waals surface area contributed by atoms with Gasteiger partial charge in [0, 0.05) is 21.0 Å². The van der Waals surface area contributed by atoms with Gasteiger partial charge in [0.05, 0.1) is 24.2 Å². The quantitative estimate of drug-likeness (QED) is 0.377. The number of benzene rings is 2. The molecule has 3 aromatic rings. The lowest BCUT2D eigenvalue weighted by atomic mass is 10.2. The molecule has 0 aliphatic carbocycles. The summed E-state index contributed by atoms with van der Waals surface area (Å²) >= 11 is 9.49. The van der Waals surface area contributed by atoms with Crippen LogP contribution in [-0.2, 0) is 9.53 Å². The van der Waals surface area contributed by atoms with Crippen molar-refractivity contribution in [3.8, 4) is 5.75 Å². The summed E-state index contributed by atoms with van der Waals surface area (Å²) in [6, 6.07) is 10.2. The molecule has 0 saturated heterocycles. The fourth-order valence-corrected chi connectivity index (χ4v) is 3.26. The molecule has 30 heavy (non-hydrogen) atoms. The molecule has 3 rings (SSSR count). The number of nitrogens with zero attached hydrogens (tertiary/aromatic N) is 3. The Labute approximate surface area is 186 Å². The average molecular weight is 493 g/mol. The lowest BCUT2D eigenvalue weighted by Crippen LogP contribution is -2.23. The maximum atomic E-state index is 13.1. The molecule has 0 aliphatic heterocycles. The summed E-state index contributed by atoms with van der Waals surface area (Å²) in [6.07, 6.45) is 1.46. The first-order valence-corrected chi connectivity index (χ1v) is 10.2. The van der Waals surface area contributed by atoms with E-state index in [1.54, 1.807) is 30.3 Å². The highest BCUT2D eigenvalue weighted by atomic mass is 79.9. The molecule has 156 valence electrons. The molecule has 0 radical (unpaired) electrons. The van der Waals surface area contributed by atoms with Crippen LogP contribution in [0, 0.1) is 0 Å². The van der Waals surface area contributed by atoms with E-state index in [0.29, 0.717) is 33.1 Å². The Morgan fingerprint density at radius 3 is 2.77 bits per heavy atom. The Balaban J connectivity index is 2.08. The number of aromatic nitrogens is 2. The van der Waals surface area contributed by atoms with Crippen LogP contribution in [0.1, 0.15) is 31.2 Å². The first kappa shape index (κ1) is 22.0. The van der Waals surface area contributed by atoms with Crippen molar-refractivity contribution in [2.45, 2.75) is 19.8 Å². The second-order valence-electron chi connectivity index (χ2n) is 6.69. The van der Waals surface area contributed by atoms with Gasteiger partial charge in [-0.05, 0) is 36.4 Å². The highest BCUT2D eigenvalue weighted by molar-refractivity contribution is 9.10. The molecule has 2 aromatic carbocycles. The topological polar surface area (TPSA) is 82.8 Å². The highest BCUT2D eigenvalue weighted by Gasteiger charge is 2.14. The van der Waals surface area contributed by atoms with Crippen LogP contribution in [0.5, 0.6) is 5.75 Å². The zero-order valence-corrected chi connectivity index (χ0v) is 18.9. The van der Waals surface area contributed by atoms with Gasteiger partial charge in [-0.25, -0.2) is 9.78 Å². The Morgan fingerprint density at radius 2 is 2.07 bits per heavy atom. The number of hydrogen-bond acceptors (Lipinski definition) is 6. The van der Waals surface area contributed by atoms with Gasteiger partial charge in [0.25, 0.3) is 5.56 Å². The van der Waals surface area contributed by atoms with Crippen LogP contribution in [0.4, 0.5) is 0 Å². The van der Waals surface area contributed by atoms with Crippen LogP contribution in [0.15, 0.2) is 50.8 Å². The van der Waals surface area contributed by atoms with E-state index in [2.05, 4.69) is 30.8 Å². The van der Waals surface area contributed by atoms with Crippen LogP contribution in [0.3, 0.4) is 0 Å². The molecule has 7 nitrogen and oxygen atoms in total. The summed E-state index contributed by atoms with van der Waals surface area (Å²) in [4.78, 5) is 29.1. The lowest BCUT2D eigenvalue weighted by molar-refractivity contribution is -0.142. The zero-order valence-electron chi connectivity index (χ0n) is 16.6. The summed E-state index contributed by atoms with van der Waals surface area (Å²) in [6.45, 7) is 3.60. The number of hydrogen-bond donors (Lipinski definition) is 0. The molecule has 0 fully saturated rings. The number of ether oxygens (including phenoxy) is 2. The maximum absolute atomic E-state index is 13.1. The van der Waals surface area contributed by atoms with Gasteiger partial charge in [-0.15, -0.1) is 0 Å². The van der Waals surface area contributed by atoms with Gasteiger partial charge in [0.2, 0.25) is 0 Å². The monoisotopic (exact) mass is 491 g/mol. The number of halogens is 2. The zero-order chi connectivity index (χ0) is 21.8. The molecule has 0 amide bonds. The Hall–Kier alpha value is -2.71. The van der Waals surface area contributed by atoms with E-state index in [1.807, 2.05) is 19.9 Å². The standard InChI is InChI=1S/C21H19BrClN3O4/c1-12(2)20-25-17-6-4-14(22)9-16(17)21(28)26(20)24-10-13-8-15(23)5-7-18(13)30-11-19(27)29-3/h4-10,12H,11H2,1-3H3. The molecule has 0 bridgehead atoms. The maximum Gasteiger partial charge on any atom is 0.343 e. The first-order chi connectivity index (χ1) is 14.3. The molecular formula is C21H19BrClN3O4. The summed E-state index contributed by atoms with van der Waals surface area (Å²) in [5, 5.41) is 5.27. The Morgan fingerprint density at radius 1 is 1.30 bits per heavy atom. The molecule has 0 atom stereocenters. The van der Waals surface area contributed by atoms with Crippen molar-refractivity contribution in [1.29, 1.82) is 0 Å². The van der Waals surface area contributed by atoms with Crippen molar-refractivity contribution in [1.82, 2.24) is 9.66 Å². The average Bonchev–Trinajstić information content (AvgIpc) is 2.72. The van der Waals surface area contributed by atoms with Crippen LogP contribution in [0.25, 0.3) is 10.9 Å². The third-order valence-corrected chi connectivity index (χ3v) is 4.94. The lowest BCUT2D eigenvalue weighted by Gasteiger charge is -2.12. The van der Waals surface area contributed by atoms with Crippen molar-refractivity contribution in [2.75, 3.05) is 13.7 Å². The smallest absolute Gasteiger partial charge is 0.343 e. The highest BCUT2D eigenvalue weighted by Crippen LogP contribution is 2.22. The number of carbonyl (C=O) groups excluding carboxylic acids is 1. The van der Waals surface area contributed by atoms with Gasteiger partial charge in [-0.3, -0.25) is 4.79 Å². The molecular weight excluding hydrogens is 474 g/mol. The Bertz CT molecular complexity index is 1190. The van der Waals surface area contributed by atoms with E-state index in [9.17, 15) is 9.59 Å². The van der Waals surface area contributed by atoms with Crippen molar-refractivity contribution in [2.24, 2.45) is 5.10 Å². The summed E-state index contributed by atoms with van der Waals surface area (Å²) in [5.74, 6) is 0.335. The molecule has 0 aliphatic rings. The second kappa shape index (κ2) is 9.40. The van der Waals surface area contributed by atoms with Gasteiger partial charge in [0.15, 0.2) is 6.61 Å². The van der Waals surface area contributed by atoms with Gasteiger partial charge >= 0.3 is 5.97 Å². The minimum Gasteiger partial charge on any atom is -0.481 e. The molecule has 0 spiro atoms. The van der Waals surface area contributed by atoms with Gasteiger partial charge < -0.3 is 9.47 Å². The van der Waals surface area contributed by atoms with Gasteiger partial charge in [0.1, 0.15) is 11.6 Å². The minimum atomic E-state index is -0.518. The van der Waals surface area contributed by atoms with E-state index < -0.39 is 5.97 Å². The van der Waals surface area contributed by atoms with Crippen LogP contribution in [-0.4, -0.2) is 35.6 Å². The molecule has 0 N–H and O–H groups in total.